The lowest BCUT2D eigenvalue weighted by molar-refractivity contribution is -0.120. The van der Waals surface area contributed by atoms with E-state index >= 15 is 0 Å². The van der Waals surface area contributed by atoms with E-state index in [1.807, 2.05) is 36.4 Å². The maximum absolute atomic E-state index is 12.6. The first-order chi connectivity index (χ1) is 13.8. The molecule has 1 N–H and O–H groups in total. The van der Waals surface area contributed by atoms with Crippen LogP contribution in [0.5, 0.6) is 0 Å². The second-order valence-electron chi connectivity index (χ2n) is 7.36. The van der Waals surface area contributed by atoms with E-state index in [0.29, 0.717) is 19.0 Å². The van der Waals surface area contributed by atoms with Crippen LogP contribution < -0.4 is 10.2 Å². The van der Waals surface area contributed by atoms with Gasteiger partial charge in [-0.2, -0.15) is 0 Å². The molecule has 1 amide bonds. The molecule has 0 atom stereocenters. The fourth-order valence-corrected chi connectivity index (χ4v) is 3.82. The van der Waals surface area contributed by atoms with E-state index in [0.717, 1.165) is 54.0 Å². The van der Waals surface area contributed by atoms with Crippen LogP contribution in [0.4, 0.5) is 11.7 Å². The molecule has 5 rings (SSSR count). The first-order valence-electron chi connectivity index (χ1n) is 9.68. The highest BCUT2D eigenvalue weighted by Crippen LogP contribution is 2.30. The highest BCUT2D eigenvalue weighted by Gasteiger charge is 2.35. The van der Waals surface area contributed by atoms with Gasteiger partial charge < -0.3 is 9.42 Å². The van der Waals surface area contributed by atoms with Crippen molar-refractivity contribution in [2.75, 3.05) is 23.3 Å². The van der Waals surface area contributed by atoms with Gasteiger partial charge in [0.15, 0.2) is 0 Å². The molecule has 28 heavy (non-hydrogen) atoms. The minimum Gasteiger partial charge on any atom is -0.355 e. The lowest BCUT2D eigenvalue weighted by Gasteiger charge is -2.38. The Hall–Kier alpha value is -3.22. The van der Waals surface area contributed by atoms with Gasteiger partial charge in [0.2, 0.25) is 11.8 Å². The maximum Gasteiger partial charge on any atom is 0.234 e. The molecule has 1 aliphatic carbocycles. The van der Waals surface area contributed by atoms with Gasteiger partial charge in [0.1, 0.15) is 12.1 Å². The Balaban J connectivity index is 1.23. The van der Waals surface area contributed by atoms with Crippen LogP contribution in [-0.2, 0) is 17.6 Å². The number of aromatic nitrogens is 3. The Morgan fingerprint density at radius 3 is 2.79 bits per heavy atom. The van der Waals surface area contributed by atoms with Gasteiger partial charge in [0, 0.05) is 30.3 Å². The standard InChI is InChI=1S/C21H21N5O2/c27-20(24-21-16-8-4-5-9-17(16)25-28-21)15-11-26(12-15)19-10-18(22-13-23-19)14-6-2-1-3-7-14/h1-3,6-7,10,13,15H,4-5,8-9,11-12H2,(H,24,27). The molecule has 2 aromatic heterocycles. The number of aryl methyl sites for hydroxylation is 1. The third-order valence-corrected chi connectivity index (χ3v) is 5.50. The molecule has 0 unspecified atom stereocenters. The van der Waals surface area contributed by atoms with Crippen LogP contribution in [0, 0.1) is 5.92 Å². The molecule has 1 saturated heterocycles. The molecular formula is C21H21N5O2. The lowest BCUT2D eigenvalue weighted by atomic mass is 9.96. The third kappa shape index (κ3) is 3.13. The highest BCUT2D eigenvalue weighted by molar-refractivity contribution is 5.94. The van der Waals surface area contributed by atoms with Crippen LogP contribution in [0.25, 0.3) is 11.3 Å². The molecule has 142 valence electrons. The number of rotatable bonds is 4. The number of nitrogens with zero attached hydrogens (tertiary/aromatic N) is 4. The quantitative estimate of drug-likeness (QED) is 0.754. The van der Waals surface area contributed by atoms with Crippen molar-refractivity contribution in [1.82, 2.24) is 15.1 Å². The van der Waals surface area contributed by atoms with Crippen LogP contribution in [-0.4, -0.2) is 34.1 Å². The number of hydrogen-bond acceptors (Lipinski definition) is 6. The average molecular weight is 375 g/mol. The molecule has 0 spiro atoms. The first-order valence-corrected chi connectivity index (χ1v) is 9.68. The molecule has 3 aromatic rings. The molecule has 7 heteroatoms. The summed E-state index contributed by atoms with van der Waals surface area (Å²) >= 11 is 0. The fraction of sp³-hybridized carbons (Fsp3) is 0.333. The van der Waals surface area contributed by atoms with Crippen molar-refractivity contribution in [1.29, 1.82) is 0 Å². The smallest absolute Gasteiger partial charge is 0.234 e. The van der Waals surface area contributed by atoms with Gasteiger partial charge in [-0.1, -0.05) is 35.5 Å². The molecule has 0 radical (unpaired) electrons. The first kappa shape index (κ1) is 16.9. The summed E-state index contributed by atoms with van der Waals surface area (Å²) in [4.78, 5) is 23.4. The van der Waals surface area contributed by atoms with E-state index in [1.54, 1.807) is 6.33 Å². The van der Waals surface area contributed by atoms with Gasteiger partial charge >= 0.3 is 0 Å². The van der Waals surface area contributed by atoms with Crippen LogP contribution in [0.15, 0.2) is 47.2 Å². The summed E-state index contributed by atoms with van der Waals surface area (Å²) in [7, 11) is 0. The van der Waals surface area contributed by atoms with Crippen LogP contribution in [0.1, 0.15) is 24.1 Å². The van der Waals surface area contributed by atoms with Crippen molar-refractivity contribution in [2.45, 2.75) is 25.7 Å². The molecule has 1 aliphatic heterocycles. The summed E-state index contributed by atoms with van der Waals surface area (Å²) in [5.74, 6) is 1.28. The zero-order chi connectivity index (χ0) is 18.9. The zero-order valence-electron chi connectivity index (χ0n) is 15.5. The maximum atomic E-state index is 12.6. The van der Waals surface area contributed by atoms with E-state index in [2.05, 4.69) is 25.3 Å². The molecule has 0 saturated carbocycles. The Bertz CT molecular complexity index is 995. The van der Waals surface area contributed by atoms with Gasteiger partial charge in [-0.05, 0) is 25.7 Å². The van der Waals surface area contributed by atoms with E-state index in [4.69, 9.17) is 4.52 Å². The van der Waals surface area contributed by atoms with Crippen molar-refractivity contribution >= 4 is 17.6 Å². The van der Waals surface area contributed by atoms with Crippen molar-refractivity contribution in [3.05, 3.63) is 54.0 Å². The number of nitrogens with one attached hydrogen (secondary N) is 1. The van der Waals surface area contributed by atoms with Crippen LogP contribution in [0.2, 0.25) is 0 Å². The normalized spacial score (nSPS) is 16.4. The average Bonchev–Trinajstić information content (AvgIpc) is 3.11. The molecule has 1 fully saturated rings. The van der Waals surface area contributed by atoms with Crippen LogP contribution in [0.3, 0.4) is 0 Å². The second-order valence-corrected chi connectivity index (χ2v) is 7.36. The van der Waals surface area contributed by atoms with E-state index in [1.165, 1.54) is 0 Å². The van der Waals surface area contributed by atoms with Gasteiger partial charge in [-0.3, -0.25) is 10.1 Å². The summed E-state index contributed by atoms with van der Waals surface area (Å²) < 4.78 is 5.37. The van der Waals surface area contributed by atoms with Crippen LogP contribution >= 0.6 is 0 Å². The topological polar surface area (TPSA) is 84.2 Å². The number of fused-ring (bicyclic) bond motifs is 1. The Kier molecular flexibility index (Phi) is 4.27. The molecule has 0 bridgehead atoms. The monoisotopic (exact) mass is 375 g/mol. The number of hydrogen-bond donors (Lipinski definition) is 1. The lowest BCUT2D eigenvalue weighted by Crippen LogP contribution is -2.52. The highest BCUT2D eigenvalue weighted by atomic mass is 16.5. The van der Waals surface area contributed by atoms with Gasteiger partial charge in [0.05, 0.1) is 17.3 Å². The number of carbonyl (C=O) groups is 1. The van der Waals surface area contributed by atoms with Gasteiger partial charge in [0.25, 0.3) is 0 Å². The third-order valence-electron chi connectivity index (χ3n) is 5.50. The number of amides is 1. The summed E-state index contributed by atoms with van der Waals surface area (Å²) in [5, 5.41) is 7.03. The Labute approximate surface area is 162 Å². The summed E-state index contributed by atoms with van der Waals surface area (Å²) in [5.41, 5.74) is 3.99. The van der Waals surface area contributed by atoms with Crippen molar-refractivity contribution in [2.24, 2.45) is 5.92 Å². The SMILES string of the molecule is O=C(Nc1onc2c1CCCC2)C1CN(c2cc(-c3ccccc3)ncn2)C1. The molecule has 7 nitrogen and oxygen atoms in total. The molecule has 3 heterocycles. The molecule has 1 aromatic carbocycles. The van der Waals surface area contributed by atoms with Gasteiger partial charge in [-0.15, -0.1) is 0 Å². The van der Waals surface area contributed by atoms with E-state index in [9.17, 15) is 4.79 Å². The van der Waals surface area contributed by atoms with Crippen molar-refractivity contribution in [3.63, 3.8) is 0 Å². The predicted octanol–water partition coefficient (Wildman–Crippen LogP) is 3.09. The Morgan fingerprint density at radius 1 is 1.11 bits per heavy atom. The van der Waals surface area contributed by atoms with Crippen molar-refractivity contribution < 1.29 is 9.32 Å². The fourth-order valence-electron chi connectivity index (χ4n) is 3.82. The number of carbonyl (C=O) groups excluding carboxylic acids is 1. The van der Waals surface area contributed by atoms with Crippen molar-refractivity contribution in [3.8, 4) is 11.3 Å². The summed E-state index contributed by atoms with van der Waals surface area (Å²) in [6.45, 7) is 1.26. The minimum absolute atomic E-state index is 0.0156. The minimum atomic E-state index is -0.0838. The van der Waals surface area contributed by atoms with E-state index in [-0.39, 0.29) is 11.8 Å². The zero-order valence-corrected chi connectivity index (χ0v) is 15.5. The van der Waals surface area contributed by atoms with E-state index < -0.39 is 0 Å². The number of benzene rings is 1. The Morgan fingerprint density at radius 2 is 1.93 bits per heavy atom. The van der Waals surface area contributed by atoms with Gasteiger partial charge in [-0.25, -0.2) is 9.97 Å². The summed E-state index contributed by atoms with van der Waals surface area (Å²) in [6.07, 6.45) is 5.68. The largest absolute Gasteiger partial charge is 0.355 e. The molecule has 2 aliphatic rings. The summed E-state index contributed by atoms with van der Waals surface area (Å²) in [6, 6.07) is 12.0. The predicted molar refractivity (Wildman–Crippen MR) is 105 cm³/mol. The number of anilines is 2. The second kappa shape index (κ2) is 7.07. The molecular weight excluding hydrogens is 354 g/mol.